The predicted octanol–water partition coefficient (Wildman–Crippen LogP) is 5.03. The number of benzene rings is 1. The van der Waals surface area contributed by atoms with Crippen molar-refractivity contribution in [2.45, 2.75) is 38.8 Å². The molecule has 3 heterocycles. The van der Waals surface area contributed by atoms with Gasteiger partial charge in [0.1, 0.15) is 0 Å². The van der Waals surface area contributed by atoms with Gasteiger partial charge in [0.15, 0.2) is 0 Å². The Labute approximate surface area is 185 Å². The Morgan fingerprint density at radius 1 is 1.30 bits per heavy atom. The van der Waals surface area contributed by atoms with Crippen LogP contribution in [0.15, 0.2) is 46.2 Å². The molecule has 6 nitrogen and oxygen atoms in total. The van der Waals surface area contributed by atoms with Crippen molar-refractivity contribution in [3.05, 3.63) is 57.6 Å². The first kappa shape index (κ1) is 21.0. The second kappa shape index (κ2) is 9.73. The lowest BCUT2D eigenvalue weighted by atomic mass is 10.2. The first-order chi connectivity index (χ1) is 14.7. The molecule has 1 fully saturated rings. The van der Waals surface area contributed by atoms with Crippen molar-refractivity contribution in [2.24, 2.45) is 0 Å². The molecule has 4 rings (SSSR count). The molecule has 30 heavy (non-hydrogen) atoms. The lowest BCUT2D eigenvalue weighted by Crippen LogP contribution is -2.40. The van der Waals surface area contributed by atoms with E-state index in [9.17, 15) is 4.79 Å². The summed E-state index contributed by atoms with van der Waals surface area (Å²) in [4.78, 5) is 18.5. The average molecular weight is 445 g/mol. The Kier molecular flexibility index (Phi) is 6.82. The molecule has 1 aliphatic rings. The van der Waals surface area contributed by atoms with Crippen LogP contribution in [-0.4, -0.2) is 45.5 Å². The highest BCUT2D eigenvalue weighted by Gasteiger charge is 2.31. The molecule has 1 atom stereocenters. The van der Waals surface area contributed by atoms with Crippen LogP contribution in [0.3, 0.4) is 0 Å². The van der Waals surface area contributed by atoms with Gasteiger partial charge in [0.2, 0.25) is 17.7 Å². The number of nitrogens with zero attached hydrogens (tertiary/aromatic N) is 4. The second-order valence-corrected chi connectivity index (χ2v) is 8.84. The van der Waals surface area contributed by atoms with E-state index in [0.29, 0.717) is 35.5 Å². The summed E-state index contributed by atoms with van der Waals surface area (Å²) in [6.45, 7) is 4.49. The Morgan fingerprint density at radius 3 is 2.93 bits per heavy atom. The van der Waals surface area contributed by atoms with Gasteiger partial charge in [0.05, 0.1) is 29.7 Å². The Bertz CT molecular complexity index is 975. The van der Waals surface area contributed by atoms with Crippen LogP contribution in [0.4, 0.5) is 0 Å². The molecule has 3 aromatic rings. The molecule has 0 bridgehead atoms. The van der Waals surface area contributed by atoms with Crippen LogP contribution >= 0.6 is 22.9 Å². The van der Waals surface area contributed by atoms with Crippen LogP contribution in [0.1, 0.15) is 43.0 Å². The molecule has 0 saturated carbocycles. The fraction of sp³-hybridized carbons (Fsp3) is 0.409. The van der Waals surface area contributed by atoms with E-state index in [1.807, 2.05) is 23.1 Å². The Balaban J connectivity index is 1.43. The smallest absolute Gasteiger partial charge is 0.249 e. The summed E-state index contributed by atoms with van der Waals surface area (Å²) in [7, 11) is 0. The third-order valence-corrected chi connectivity index (χ3v) is 6.58. The zero-order chi connectivity index (χ0) is 20.9. The number of hydrogen-bond acceptors (Lipinski definition) is 6. The van der Waals surface area contributed by atoms with Gasteiger partial charge in [-0.1, -0.05) is 36.7 Å². The summed E-state index contributed by atoms with van der Waals surface area (Å²) >= 11 is 7.96. The first-order valence-corrected chi connectivity index (χ1v) is 11.5. The number of carbonyl (C=O) groups excluding carboxylic acids is 1. The molecule has 8 heteroatoms. The number of aromatic nitrogens is 2. The van der Waals surface area contributed by atoms with E-state index in [1.54, 1.807) is 17.4 Å². The maximum Gasteiger partial charge on any atom is 0.249 e. The molecule has 0 spiro atoms. The van der Waals surface area contributed by atoms with Crippen LogP contribution in [0.2, 0.25) is 5.02 Å². The normalized spacial score (nSPS) is 16.5. The number of halogens is 1. The summed E-state index contributed by atoms with van der Waals surface area (Å²) in [6.07, 6.45) is 3.02. The van der Waals surface area contributed by atoms with Crippen molar-refractivity contribution in [1.29, 1.82) is 0 Å². The largest absolute Gasteiger partial charge is 0.419 e. The maximum absolute atomic E-state index is 13.1. The number of thiophene rings is 1. The summed E-state index contributed by atoms with van der Waals surface area (Å²) in [5, 5.41) is 11.0. The molecule has 158 valence electrons. The molecular weight excluding hydrogens is 420 g/mol. The SMILES string of the molecule is CCCN(CC(=O)N1CCCC1c1cccs1)Cc1nnc(-c2ccccc2Cl)o1. The zero-order valence-corrected chi connectivity index (χ0v) is 18.5. The highest BCUT2D eigenvalue weighted by molar-refractivity contribution is 7.10. The average Bonchev–Trinajstić information content (AvgIpc) is 3.49. The molecule has 1 unspecified atom stereocenters. The summed E-state index contributed by atoms with van der Waals surface area (Å²) in [6, 6.07) is 11.8. The van der Waals surface area contributed by atoms with Gasteiger partial charge in [-0.3, -0.25) is 9.69 Å². The lowest BCUT2D eigenvalue weighted by molar-refractivity contribution is -0.133. The van der Waals surface area contributed by atoms with E-state index in [4.69, 9.17) is 16.0 Å². The molecule has 0 N–H and O–H groups in total. The lowest BCUT2D eigenvalue weighted by Gasteiger charge is -2.27. The Hall–Kier alpha value is -2.22. The van der Waals surface area contributed by atoms with Gasteiger partial charge < -0.3 is 9.32 Å². The number of amides is 1. The van der Waals surface area contributed by atoms with Gasteiger partial charge in [0, 0.05) is 11.4 Å². The molecular formula is C22H25ClN4O2S. The minimum Gasteiger partial charge on any atom is -0.419 e. The number of hydrogen-bond donors (Lipinski definition) is 0. The van der Waals surface area contributed by atoms with Gasteiger partial charge in [0.25, 0.3) is 0 Å². The van der Waals surface area contributed by atoms with Crippen LogP contribution < -0.4 is 0 Å². The van der Waals surface area contributed by atoms with E-state index in [1.165, 1.54) is 4.88 Å². The van der Waals surface area contributed by atoms with Crippen molar-refractivity contribution in [1.82, 2.24) is 20.0 Å². The molecule has 1 amide bonds. The molecule has 1 aromatic carbocycles. The number of rotatable bonds is 8. The standard InChI is InChI=1S/C22H25ClN4O2S/c1-2-11-26(14-20-24-25-22(29-20)16-7-3-4-8-17(16)23)15-21(28)27-12-5-9-18(27)19-10-6-13-30-19/h3-4,6-8,10,13,18H,2,5,9,11-12,14-15H2,1H3. The van der Waals surface area contributed by atoms with E-state index in [-0.39, 0.29) is 11.9 Å². The molecule has 1 aliphatic heterocycles. The molecule has 2 aromatic heterocycles. The van der Waals surface area contributed by atoms with E-state index >= 15 is 0 Å². The van der Waals surface area contributed by atoms with Crippen molar-refractivity contribution in [3.63, 3.8) is 0 Å². The monoisotopic (exact) mass is 444 g/mol. The topological polar surface area (TPSA) is 62.5 Å². The minimum absolute atomic E-state index is 0.158. The summed E-state index contributed by atoms with van der Waals surface area (Å²) in [5.41, 5.74) is 0.715. The first-order valence-electron chi connectivity index (χ1n) is 10.3. The maximum atomic E-state index is 13.1. The predicted molar refractivity (Wildman–Crippen MR) is 118 cm³/mol. The van der Waals surface area contributed by atoms with Crippen LogP contribution in [-0.2, 0) is 11.3 Å². The quantitative estimate of drug-likeness (QED) is 0.487. The van der Waals surface area contributed by atoms with Crippen LogP contribution in [0.5, 0.6) is 0 Å². The van der Waals surface area contributed by atoms with Gasteiger partial charge in [-0.25, -0.2) is 0 Å². The third-order valence-electron chi connectivity index (χ3n) is 5.27. The number of likely N-dealkylation sites (tertiary alicyclic amines) is 1. The van der Waals surface area contributed by atoms with Gasteiger partial charge in [-0.05, 0) is 49.4 Å². The summed E-state index contributed by atoms with van der Waals surface area (Å²) < 4.78 is 5.84. The van der Waals surface area contributed by atoms with Crippen LogP contribution in [0, 0.1) is 0 Å². The van der Waals surface area contributed by atoms with Gasteiger partial charge >= 0.3 is 0 Å². The van der Waals surface area contributed by atoms with Crippen molar-refractivity contribution >= 4 is 28.8 Å². The molecule has 1 saturated heterocycles. The minimum atomic E-state index is 0.158. The van der Waals surface area contributed by atoms with Gasteiger partial charge in [-0.2, -0.15) is 0 Å². The van der Waals surface area contributed by atoms with E-state index in [2.05, 4.69) is 39.5 Å². The zero-order valence-electron chi connectivity index (χ0n) is 17.0. The number of carbonyl (C=O) groups is 1. The molecule has 0 radical (unpaired) electrons. The third kappa shape index (κ3) is 4.74. The van der Waals surface area contributed by atoms with Crippen LogP contribution in [0.25, 0.3) is 11.5 Å². The second-order valence-electron chi connectivity index (χ2n) is 7.45. The molecule has 0 aliphatic carbocycles. The van der Waals surface area contributed by atoms with Crippen molar-refractivity contribution < 1.29 is 9.21 Å². The Morgan fingerprint density at radius 2 is 2.17 bits per heavy atom. The highest BCUT2D eigenvalue weighted by atomic mass is 35.5. The van der Waals surface area contributed by atoms with Gasteiger partial charge in [-0.15, -0.1) is 21.5 Å². The van der Waals surface area contributed by atoms with E-state index in [0.717, 1.165) is 32.4 Å². The fourth-order valence-corrected chi connectivity index (χ4v) is 5.00. The van der Waals surface area contributed by atoms with E-state index < -0.39 is 0 Å². The fourth-order valence-electron chi connectivity index (χ4n) is 3.91. The summed E-state index contributed by atoms with van der Waals surface area (Å²) in [5.74, 6) is 1.04. The van der Waals surface area contributed by atoms with Crippen molar-refractivity contribution in [2.75, 3.05) is 19.6 Å². The highest BCUT2D eigenvalue weighted by Crippen LogP contribution is 2.34. The van der Waals surface area contributed by atoms with Crippen molar-refractivity contribution in [3.8, 4) is 11.5 Å².